The van der Waals surface area contributed by atoms with E-state index in [0.717, 1.165) is 15.6 Å². The highest BCUT2D eigenvalue weighted by Gasteiger charge is 2.09. The second-order valence-corrected chi connectivity index (χ2v) is 7.80. The van der Waals surface area contributed by atoms with Crippen molar-refractivity contribution in [3.63, 3.8) is 0 Å². The van der Waals surface area contributed by atoms with E-state index >= 15 is 0 Å². The second kappa shape index (κ2) is 10.1. The van der Waals surface area contributed by atoms with E-state index in [1.54, 1.807) is 37.6 Å². The first kappa shape index (κ1) is 21.5. The summed E-state index contributed by atoms with van der Waals surface area (Å²) in [7, 11) is 1.60. The van der Waals surface area contributed by atoms with E-state index in [9.17, 15) is 4.79 Å². The summed E-state index contributed by atoms with van der Waals surface area (Å²) in [6.45, 7) is 0.459. The topological polar surface area (TPSA) is 73.3 Å². The molecule has 0 spiro atoms. The van der Waals surface area contributed by atoms with E-state index in [1.165, 1.54) is 0 Å². The third kappa shape index (κ3) is 5.50. The van der Waals surface area contributed by atoms with Crippen molar-refractivity contribution in [3.05, 3.63) is 101 Å². The molecule has 1 amide bonds. The molecule has 4 aromatic rings. The zero-order chi connectivity index (χ0) is 22.3. The lowest BCUT2D eigenvalue weighted by molar-refractivity contribution is 0.0951. The molecule has 160 valence electrons. The van der Waals surface area contributed by atoms with Crippen LogP contribution in [0.3, 0.4) is 0 Å². The van der Waals surface area contributed by atoms with Crippen LogP contribution in [0.2, 0.25) is 0 Å². The number of hydrogen-bond acceptors (Lipinski definition) is 5. The van der Waals surface area contributed by atoms with Crippen molar-refractivity contribution in [1.82, 2.24) is 15.3 Å². The van der Waals surface area contributed by atoms with Gasteiger partial charge in [0.2, 0.25) is 5.88 Å². The highest BCUT2D eigenvalue weighted by Crippen LogP contribution is 2.25. The number of nitrogens with one attached hydrogen (secondary N) is 1. The molecule has 0 saturated carbocycles. The number of methoxy groups -OCH3 is 1. The fraction of sp³-hybridized carbons (Fsp3) is 0.0800. The summed E-state index contributed by atoms with van der Waals surface area (Å²) < 4.78 is 12.0. The molecular weight excluding hydrogens is 470 g/mol. The van der Waals surface area contributed by atoms with Crippen LogP contribution >= 0.6 is 15.9 Å². The van der Waals surface area contributed by atoms with E-state index in [-0.39, 0.29) is 5.91 Å². The number of nitrogens with zero attached hydrogens (tertiary/aromatic N) is 2. The van der Waals surface area contributed by atoms with Gasteiger partial charge in [-0.25, -0.2) is 4.98 Å². The average molecular weight is 490 g/mol. The van der Waals surface area contributed by atoms with Gasteiger partial charge in [-0.3, -0.25) is 4.79 Å². The molecule has 7 heteroatoms. The van der Waals surface area contributed by atoms with Gasteiger partial charge in [0.05, 0.1) is 7.11 Å². The number of aromatic nitrogens is 2. The number of ether oxygens (including phenoxy) is 2. The van der Waals surface area contributed by atoms with Crippen molar-refractivity contribution < 1.29 is 14.3 Å². The molecule has 0 saturated heterocycles. The Labute approximate surface area is 194 Å². The minimum Gasteiger partial charge on any atom is -0.497 e. The molecule has 6 nitrogen and oxygen atoms in total. The maximum Gasteiger partial charge on any atom is 0.251 e. The van der Waals surface area contributed by atoms with Gasteiger partial charge in [0.1, 0.15) is 11.5 Å². The Hall–Kier alpha value is -3.71. The quantitative estimate of drug-likeness (QED) is 0.363. The summed E-state index contributed by atoms with van der Waals surface area (Å²) in [4.78, 5) is 21.3. The molecule has 0 aliphatic carbocycles. The highest BCUT2D eigenvalue weighted by atomic mass is 79.9. The second-order valence-electron chi connectivity index (χ2n) is 6.89. The van der Waals surface area contributed by atoms with Crippen LogP contribution in [0.15, 0.2) is 89.5 Å². The Morgan fingerprint density at radius 1 is 0.969 bits per heavy atom. The summed E-state index contributed by atoms with van der Waals surface area (Å²) in [5.74, 6) is 2.10. The lowest BCUT2D eigenvalue weighted by Crippen LogP contribution is -2.22. The Morgan fingerprint density at radius 3 is 2.47 bits per heavy atom. The molecule has 32 heavy (non-hydrogen) atoms. The van der Waals surface area contributed by atoms with Gasteiger partial charge in [-0.2, -0.15) is 4.98 Å². The standard InChI is InChI=1S/C25H20BrN3O3/c1-31-21-3-2-4-22(15-21)32-23-13-14-27-24(29-23)18-7-9-19(10-8-18)25(30)28-16-17-5-11-20(26)12-6-17/h2-15H,16H2,1H3,(H,28,30). The van der Waals surface area contributed by atoms with Crippen LogP contribution in [-0.4, -0.2) is 23.0 Å². The van der Waals surface area contributed by atoms with E-state index in [2.05, 4.69) is 31.2 Å². The van der Waals surface area contributed by atoms with Gasteiger partial charge >= 0.3 is 0 Å². The van der Waals surface area contributed by atoms with E-state index < -0.39 is 0 Å². The largest absolute Gasteiger partial charge is 0.497 e. The molecular formula is C25H20BrN3O3. The zero-order valence-electron chi connectivity index (χ0n) is 17.3. The summed E-state index contributed by atoms with van der Waals surface area (Å²) in [5.41, 5.74) is 2.37. The van der Waals surface area contributed by atoms with Gasteiger partial charge in [-0.1, -0.05) is 46.3 Å². The Morgan fingerprint density at radius 2 is 1.72 bits per heavy atom. The zero-order valence-corrected chi connectivity index (χ0v) is 18.9. The number of rotatable bonds is 7. The summed E-state index contributed by atoms with van der Waals surface area (Å²) in [6.07, 6.45) is 1.64. The maximum absolute atomic E-state index is 12.5. The van der Waals surface area contributed by atoms with Gasteiger partial charge in [0, 0.05) is 40.5 Å². The van der Waals surface area contributed by atoms with Crippen molar-refractivity contribution in [1.29, 1.82) is 0 Å². The van der Waals surface area contributed by atoms with Crippen LogP contribution in [0.5, 0.6) is 17.4 Å². The number of hydrogen-bond donors (Lipinski definition) is 1. The molecule has 1 N–H and O–H groups in total. The Balaban J connectivity index is 1.42. The minimum atomic E-state index is -0.143. The van der Waals surface area contributed by atoms with Crippen LogP contribution < -0.4 is 14.8 Å². The Kier molecular flexibility index (Phi) is 6.77. The first-order chi connectivity index (χ1) is 15.6. The first-order valence-corrected chi connectivity index (χ1v) is 10.7. The summed E-state index contributed by atoms with van der Waals surface area (Å²) >= 11 is 3.40. The third-order valence-electron chi connectivity index (χ3n) is 4.67. The lowest BCUT2D eigenvalue weighted by Gasteiger charge is -2.08. The fourth-order valence-electron chi connectivity index (χ4n) is 2.98. The highest BCUT2D eigenvalue weighted by molar-refractivity contribution is 9.10. The van der Waals surface area contributed by atoms with Gasteiger partial charge < -0.3 is 14.8 Å². The van der Waals surface area contributed by atoms with Crippen LogP contribution in [0.4, 0.5) is 0 Å². The van der Waals surface area contributed by atoms with Gasteiger partial charge in [0.25, 0.3) is 5.91 Å². The number of carbonyl (C=O) groups is 1. The number of carbonyl (C=O) groups excluding carboxylic acids is 1. The molecule has 4 rings (SSSR count). The Bertz CT molecular complexity index is 1210. The predicted octanol–water partition coefficient (Wildman–Crippen LogP) is 5.64. The van der Waals surface area contributed by atoms with Gasteiger partial charge in [-0.15, -0.1) is 0 Å². The molecule has 0 atom stereocenters. The monoisotopic (exact) mass is 489 g/mol. The fourth-order valence-corrected chi connectivity index (χ4v) is 3.25. The number of amides is 1. The van der Waals surface area contributed by atoms with Crippen molar-refractivity contribution in [2.24, 2.45) is 0 Å². The molecule has 0 bridgehead atoms. The third-order valence-corrected chi connectivity index (χ3v) is 5.19. The van der Waals surface area contributed by atoms with E-state index in [1.807, 2.05) is 54.6 Å². The molecule has 0 radical (unpaired) electrons. The van der Waals surface area contributed by atoms with Gasteiger partial charge in [-0.05, 0) is 42.0 Å². The molecule has 0 unspecified atom stereocenters. The van der Waals surface area contributed by atoms with Crippen molar-refractivity contribution in [2.45, 2.75) is 6.54 Å². The SMILES string of the molecule is COc1cccc(Oc2ccnc(-c3ccc(C(=O)NCc4ccc(Br)cc4)cc3)n2)c1. The minimum absolute atomic E-state index is 0.143. The number of benzene rings is 3. The molecule has 0 aliphatic heterocycles. The molecule has 0 fully saturated rings. The maximum atomic E-state index is 12.5. The normalized spacial score (nSPS) is 10.4. The van der Waals surface area contributed by atoms with Crippen LogP contribution in [0.25, 0.3) is 11.4 Å². The molecule has 1 aromatic heterocycles. The van der Waals surface area contributed by atoms with Crippen LogP contribution in [0, 0.1) is 0 Å². The molecule has 3 aromatic carbocycles. The first-order valence-electron chi connectivity index (χ1n) is 9.89. The van der Waals surface area contributed by atoms with Crippen molar-refractivity contribution in [3.8, 4) is 28.8 Å². The van der Waals surface area contributed by atoms with E-state index in [0.29, 0.717) is 35.3 Å². The van der Waals surface area contributed by atoms with Crippen LogP contribution in [0.1, 0.15) is 15.9 Å². The smallest absolute Gasteiger partial charge is 0.251 e. The average Bonchev–Trinajstić information content (AvgIpc) is 2.84. The summed E-state index contributed by atoms with van der Waals surface area (Å²) in [5, 5.41) is 2.92. The van der Waals surface area contributed by atoms with Crippen LogP contribution in [-0.2, 0) is 6.54 Å². The van der Waals surface area contributed by atoms with Crippen molar-refractivity contribution in [2.75, 3.05) is 7.11 Å². The predicted molar refractivity (Wildman–Crippen MR) is 126 cm³/mol. The molecule has 1 heterocycles. The van der Waals surface area contributed by atoms with Crippen molar-refractivity contribution >= 4 is 21.8 Å². The van der Waals surface area contributed by atoms with E-state index in [4.69, 9.17) is 9.47 Å². The molecule has 0 aliphatic rings. The van der Waals surface area contributed by atoms with Gasteiger partial charge in [0.15, 0.2) is 5.82 Å². The summed E-state index contributed by atoms with van der Waals surface area (Å²) in [6, 6.07) is 23.9. The lowest BCUT2D eigenvalue weighted by atomic mass is 10.1. The number of halogens is 1.